The predicted molar refractivity (Wildman–Crippen MR) is 140 cm³/mol. The van der Waals surface area contributed by atoms with Crippen LogP contribution in [0.3, 0.4) is 0 Å². The summed E-state index contributed by atoms with van der Waals surface area (Å²) in [5, 5.41) is 3.26. The summed E-state index contributed by atoms with van der Waals surface area (Å²) < 4.78 is 27.8. The Hall–Kier alpha value is -3.26. The van der Waals surface area contributed by atoms with Crippen molar-refractivity contribution in [3.05, 3.63) is 53.6 Å². The molecule has 0 aliphatic carbocycles. The van der Waals surface area contributed by atoms with Crippen molar-refractivity contribution in [1.82, 2.24) is 5.32 Å². The molecule has 37 heavy (non-hydrogen) atoms. The normalized spacial score (nSPS) is 16.4. The van der Waals surface area contributed by atoms with Crippen LogP contribution in [0.4, 0.5) is 0 Å². The molecule has 2 atom stereocenters. The first-order valence-corrected chi connectivity index (χ1v) is 12.8. The molecule has 0 radical (unpaired) electrons. The molecular formula is C29H39NO7. The number of hydrogen-bond donors (Lipinski definition) is 1. The second-order valence-electron chi connectivity index (χ2n) is 10.1. The summed E-state index contributed by atoms with van der Waals surface area (Å²) in [4.78, 5) is 25.1. The molecule has 1 N–H and O–H groups in total. The second-order valence-corrected chi connectivity index (χ2v) is 10.1. The van der Waals surface area contributed by atoms with E-state index in [1.807, 2.05) is 57.2 Å². The van der Waals surface area contributed by atoms with E-state index in [0.29, 0.717) is 30.1 Å². The first kappa shape index (κ1) is 28.3. The summed E-state index contributed by atoms with van der Waals surface area (Å²) in [6.45, 7) is 6.03. The number of piperidine rings is 1. The molecular weight excluding hydrogens is 474 g/mol. The predicted octanol–water partition coefficient (Wildman–Crippen LogP) is 4.78. The average Bonchev–Trinajstić information content (AvgIpc) is 2.89. The third-order valence-electron chi connectivity index (χ3n) is 6.00. The van der Waals surface area contributed by atoms with Gasteiger partial charge in [0.15, 0.2) is 18.1 Å². The molecule has 0 aromatic heterocycles. The molecule has 2 aromatic rings. The molecule has 1 heterocycles. The molecule has 0 saturated carbocycles. The third-order valence-corrected chi connectivity index (χ3v) is 6.00. The SMILES string of the molecule is COc1ccc(CC[C@@H](OC(=O)[C@@H]2CCCCN2)c2cccc(OCC(=O)OC(C)(C)C)c2)cc1OC. The molecule has 3 rings (SSSR count). The van der Waals surface area contributed by atoms with Crippen molar-refractivity contribution in [2.75, 3.05) is 27.4 Å². The van der Waals surface area contributed by atoms with Gasteiger partial charge in [0.1, 0.15) is 23.5 Å². The van der Waals surface area contributed by atoms with Crippen LogP contribution >= 0.6 is 0 Å². The summed E-state index contributed by atoms with van der Waals surface area (Å²) in [6, 6.07) is 12.8. The smallest absolute Gasteiger partial charge is 0.344 e. The zero-order valence-electron chi connectivity index (χ0n) is 22.5. The fourth-order valence-corrected chi connectivity index (χ4v) is 4.22. The molecule has 202 valence electrons. The number of benzene rings is 2. The summed E-state index contributed by atoms with van der Waals surface area (Å²) in [7, 11) is 3.20. The Kier molecular flexibility index (Phi) is 10.2. The van der Waals surface area contributed by atoms with Gasteiger partial charge in [-0.15, -0.1) is 0 Å². The number of nitrogens with one attached hydrogen (secondary N) is 1. The zero-order chi connectivity index (χ0) is 26.8. The topological polar surface area (TPSA) is 92.3 Å². The molecule has 1 aliphatic heterocycles. The highest BCUT2D eigenvalue weighted by Gasteiger charge is 2.26. The molecule has 1 fully saturated rings. The Morgan fingerprint density at radius 1 is 1.03 bits per heavy atom. The van der Waals surface area contributed by atoms with Gasteiger partial charge in [0, 0.05) is 0 Å². The first-order chi connectivity index (χ1) is 17.7. The van der Waals surface area contributed by atoms with Gasteiger partial charge < -0.3 is 29.0 Å². The van der Waals surface area contributed by atoms with Gasteiger partial charge in [-0.05, 0) is 88.4 Å². The van der Waals surface area contributed by atoms with Crippen LogP contribution in [0.5, 0.6) is 17.2 Å². The Morgan fingerprint density at radius 3 is 2.49 bits per heavy atom. The number of ether oxygens (including phenoxy) is 5. The van der Waals surface area contributed by atoms with Crippen molar-refractivity contribution < 1.29 is 33.3 Å². The van der Waals surface area contributed by atoms with Gasteiger partial charge in [-0.3, -0.25) is 4.79 Å². The lowest BCUT2D eigenvalue weighted by Crippen LogP contribution is -2.41. The molecule has 0 spiro atoms. The molecule has 2 aromatic carbocycles. The van der Waals surface area contributed by atoms with Gasteiger partial charge in [-0.1, -0.05) is 24.6 Å². The maximum absolute atomic E-state index is 13.0. The van der Waals surface area contributed by atoms with Crippen LogP contribution in [0, 0.1) is 0 Å². The van der Waals surface area contributed by atoms with Crippen LogP contribution in [0.25, 0.3) is 0 Å². The molecule has 0 bridgehead atoms. The highest BCUT2D eigenvalue weighted by atomic mass is 16.6. The van der Waals surface area contributed by atoms with E-state index in [4.69, 9.17) is 23.7 Å². The summed E-state index contributed by atoms with van der Waals surface area (Å²) in [5.74, 6) is 1.12. The average molecular weight is 514 g/mol. The van der Waals surface area contributed by atoms with E-state index in [2.05, 4.69) is 5.32 Å². The second kappa shape index (κ2) is 13.3. The minimum absolute atomic E-state index is 0.206. The Labute approximate surface area is 219 Å². The highest BCUT2D eigenvalue weighted by Crippen LogP contribution is 2.31. The standard InChI is InChI=1S/C29H39NO7/c1-29(2,3)37-27(31)19-35-22-10-8-9-21(18-22)24(36-28(32)23-11-6-7-16-30-23)14-12-20-13-15-25(33-4)26(17-20)34-5/h8-10,13,15,17-18,23-24,30H,6-7,11-12,14,16,19H2,1-5H3/t23-,24+/m0/s1. The lowest BCUT2D eigenvalue weighted by atomic mass is 10.00. The van der Waals surface area contributed by atoms with Crippen LogP contribution < -0.4 is 19.5 Å². The number of carbonyl (C=O) groups excluding carboxylic acids is 2. The minimum Gasteiger partial charge on any atom is -0.493 e. The van der Waals surface area contributed by atoms with Gasteiger partial charge in [-0.25, -0.2) is 4.79 Å². The summed E-state index contributed by atoms with van der Waals surface area (Å²) >= 11 is 0. The van der Waals surface area contributed by atoms with Crippen LogP contribution in [0.2, 0.25) is 0 Å². The van der Waals surface area contributed by atoms with Crippen molar-refractivity contribution >= 4 is 11.9 Å². The van der Waals surface area contributed by atoms with Crippen LogP contribution in [-0.2, 0) is 25.5 Å². The van der Waals surface area contributed by atoms with E-state index in [1.54, 1.807) is 20.3 Å². The first-order valence-electron chi connectivity index (χ1n) is 12.8. The molecule has 1 saturated heterocycles. The van der Waals surface area contributed by atoms with E-state index >= 15 is 0 Å². The van der Waals surface area contributed by atoms with E-state index < -0.39 is 17.7 Å². The Bertz CT molecular complexity index is 1040. The van der Waals surface area contributed by atoms with Crippen LogP contribution in [0.1, 0.15) is 63.7 Å². The molecule has 8 heteroatoms. The fourth-order valence-electron chi connectivity index (χ4n) is 4.22. The van der Waals surface area contributed by atoms with E-state index in [9.17, 15) is 9.59 Å². The maximum atomic E-state index is 13.0. The van der Waals surface area contributed by atoms with Crippen molar-refractivity contribution in [3.8, 4) is 17.2 Å². The lowest BCUT2D eigenvalue weighted by molar-refractivity contribution is -0.157. The maximum Gasteiger partial charge on any atom is 0.344 e. The van der Waals surface area contributed by atoms with Gasteiger partial charge in [0.05, 0.1) is 14.2 Å². The lowest BCUT2D eigenvalue weighted by Gasteiger charge is -2.26. The Morgan fingerprint density at radius 2 is 1.81 bits per heavy atom. The van der Waals surface area contributed by atoms with Crippen molar-refractivity contribution in [1.29, 1.82) is 0 Å². The van der Waals surface area contributed by atoms with Crippen LogP contribution in [-0.4, -0.2) is 51.0 Å². The summed E-state index contributed by atoms with van der Waals surface area (Å²) in [6.07, 6.45) is 3.54. The molecule has 1 aliphatic rings. The third kappa shape index (κ3) is 8.97. The van der Waals surface area contributed by atoms with Crippen molar-refractivity contribution in [2.24, 2.45) is 0 Å². The number of esters is 2. The highest BCUT2D eigenvalue weighted by molar-refractivity contribution is 5.76. The van der Waals surface area contributed by atoms with Gasteiger partial charge in [0.25, 0.3) is 0 Å². The van der Waals surface area contributed by atoms with Gasteiger partial charge >= 0.3 is 11.9 Å². The Balaban J connectivity index is 1.74. The van der Waals surface area contributed by atoms with Gasteiger partial charge in [0.2, 0.25) is 0 Å². The van der Waals surface area contributed by atoms with E-state index in [0.717, 1.165) is 36.9 Å². The molecule has 0 unspecified atom stereocenters. The van der Waals surface area contributed by atoms with E-state index in [-0.39, 0.29) is 18.6 Å². The number of hydrogen-bond acceptors (Lipinski definition) is 8. The largest absolute Gasteiger partial charge is 0.493 e. The number of rotatable bonds is 11. The quantitative estimate of drug-likeness (QED) is 0.429. The minimum atomic E-state index is -0.584. The molecule has 0 amide bonds. The number of carbonyl (C=O) groups is 2. The molecule has 8 nitrogen and oxygen atoms in total. The fraction of sp³-hybridized carbons (Fsp3) is 0.517. The number of methoxy groups -OCH3 is 2. The monoisotopic (exact) mass is 513 g/mol. The van der Waals surface area contributed by atoms with Crippen LogP contribution in [0.15, 0.2) is 42.5 Å². The zero-order valence-corrected chi connectivity index (χ0v) is 22.5. The van der Waals surface area contributed by atoms with Gasteiger partial charge in [-0.2, -0.15) is 0 Å². The van der Waals surface area contributed by atoms with E-state index in [1.165, 1.54) is 0 Å². The van der Waals surface area contributed by atoms with Crippen molar-refractivity contribution in [3.63, 3.8) is 0 Å². The summed E-state index contributed by atoms with van der Waals surface area (Å²) in [5.41, 5.74) is 1.25. The number of aryl methyl sites for hydroxylation is 1. The van der Waals surface area contributed by atoms with Crippen molar-refractivity contribution in [2.45, 2.75) is 70.6 Å².